The zero-order chi connectivity index (χ0) is 18.5. The Morgan fingerprint density at radius 2 is 1.69 bits per heavy atom. The minimum atomic E-state index is -0.501. The maximum absolute atomic E-state index is 11.6. The number of nitro groups is 1. The van der Waals surface area contributed by atoms with E-state index in [9.17, 15) is 10.1 Å². The summed E-state index contributed by atoms with van der Waals surface area (Å²) in [5.74, 6) is 0.276. The van der Waals surface area contributed by atoms with Crippen molar-refractivity contribution in [1.29, 1.82) is 0 Å². The zero-order valence-electron chi connectivity index (χ0n) is 13.3. The fourth-order valence-electron chi connectivity index (χ4n) is 2.23. The van der Waals surface area contributed by atoms with Gasteiger partial charge in [-0.3, -0.25) is 10.1 Å². The number of benzene rings is 2. The highest BCUT2D eigenvalue weighted by Crippen LogP contribution is 2.31. The number of aromatic nitrogens is 2. The first-order valence-corrected chi connectivity index (χ1v) is 8.99. The van der Waals surface area contributed by atoms with Gasteiger partial charge < -0.3 is 10.6 Å². The van der Waals surface area contributed by atoms with Crippen molar-refractivity contribution >= 4 is 57.2 Å². The van der Waals surface area contributed by atoms with E-state index in [1.54, 1.807) is 12.1 Å². The van der Waals surface area contributed by atoms with Gasteiger partial charge in [0.15, 0.2) is 0 Å². The first kappa shape index (κ1) is 18.3. The number of nitrogens with zero attached hydrogens (tertiary/aromatic N) is 3. The molecule has 0 atom stereocenters. The normalized spacial score (nSPS) is 10.4. The SMILES string of the molecule is O=[N+]([O-])c1c(NCc2ccc(Cl)cc2)ncnc1Nc1ccc(I)cc1. The van der Waals surface area contributed by atoms with Gasteiger partial charge in [-0.05, 0) is 64.6 Å². The Hall–Kier alpha value is -2.46. The Bertz CT molecular complexity index is 919. The molecule has 2 aromatic carbocycles. The van der Waals surface area contributed by atoms with Crippen LogP contribution in [0, 0.1) is 13.7 Å². The van der Waals surface area contributed by atoms with Crippen LogP contribution in [0.15, 0.2) is 54.9 Å². The van der Waals surface area contributed by atoms with Crippen LogP contribution in [0.2, 0.25) is 5.02 Å². The molecule has 0 radical (unpaired) electrons. The van der Waals surface area contributed by atoms with E-state index in [0.717, 1.165) is 9.13 Å². The van der Waals surface area contributed by atoms with Crippen LogP contribution in [0.3, 0.4) is 0 Å². The van der Waals surface area contributed by atoms with Gasteiger partial charge in [-0.25, -0.2) is 9.97 Å². The Labute approximate surface area is 168 Å². The highest BCUT2D eigenvalue weighted by Gasteiger charge is 2.23. The van der Waals surface area contributed by atoms with Gasteiger partial charge in [-0.15, -0.1) is 0 Å². The zero-order valence-corrected chi connectivity index (χ0v) is 16.2. The van der Waals surface area contributed by atoms with Crippen molar-refractivity contribution in [2.45, 2.75) is 6.54 Å². The average Bonchev–Trinajstić information content (AvgIpc) is 2.63. The van der Waals surface area contributed by atoms with E-state index >= 15 is 0 Å². The predicted molar refractivity (Wildman–Crippen MR) is 110 cm³/mol. The topological polar surface area (TPSA) is 93.0 Å². The molecule has 3 aromatic rings. The van der Waals surface area contributed by atoms with Crippen LogP contribution in [0.1, 0.15) is 5.56 Å². The smallest absolute Gasteiger partial charge is 0.353 e. The Morgan fingerprint density at radius 3 is 2.35 bits per heavy atom. The van der Waals surface area contributed by atoms with Crippen LogP contribution in [-0.2, 0) is 6.54 Å². The molecule has 0 saturated carbocycles. The molecular weight excluding hydrogens is 469 g/mol. The van der Waals surface area contributed by atoms with E-state index in [0.29, 0.717) is 17.3 Å². The summed E-state index contributed by atoms with van der Waals surface area (Å²) in [6, 6.07) is 14.7. The lowest BCUT2D eigenvalue weighted by molar-refractivity contribution is -0.383. The van der Waals surface area contributed by atoms with Gasteiger partial charge in [0.2, 0.25) is 11.6 Å². The molecule has 1 aromatic heterocycles. The van der Waals surface area contributed by atoms with Crippen LogP contribution in [-0.4, -0.2) is 14.9 Å². The van der Waals surface area contributed by atoms with Gasteiger partial charge >= 0.3 is 5.69 Å². The van der Waals surface area contributed by atoms with E-state index in [2.05, 4.69) is 43.2 Å². The molecule has 0 amide bonds. The first-order valence-electron chi connectivity index (χ1n) is 7.53. The van der Waals surface area contributed by atoms with Gasteiger partial charge in [0.1, 0.15) is 6.33 Å². The van der Waals surface area contributed by atoms with Gasteiger partial charge in [-0.2, -0.15) is 0 Å². The van der Waals surface area contributed by atoms with Crippen molar-refractivity contribution in [1.82, 2.24) is 9.97 Å². The molecule has 26 heavy (non-hydrogen) atoms. The fraction of sp³-hybridized carbons (Fsp3) is 0.0588. The number of hydrogen-bond acceptors (Lipinski definition) is 6. The number of nitrogens with one attached hydrogen (secondary N) is 2. The molecule has 0 aliphatic rings. The second-order valence-electron chi connectivity index (χ2n) is 5.29. The number of halogens is 2. The molecule has 1 heterocycles. The third-order valence-electron chi connectivity index (χ3n) is 3.49. The Kier molecular flexibility index (Phi) is 5.84. The second-order valence-corrected chi connectivity index (χ2v) is 6.97. The number of hydrogen-bond donors (Lipinski definition) is 2. The van der Waals surface area contributed by atoms with Crippen LogP contribution in [0.25, 0.3) is 0 Å². The van der Waals surface area contributed by atoms with Gasteiger partial charge in [0.05, 0.1) is 4.92 Å². The lowest BCUT2D eigenvalue weighted by Crippen LogP contribution is -2.08. The van der Waals surface area contributed by atoms with E-state index in [-0.39, 0.29) is 17.3 Å². The quantitative estimate of drug-likeness (QED) is 0.292. The summed E-state index contributed by atoms with van der Waals surface area (Å²) in [7, 11) is 0. The van der Waals surface area contributed by atoms with Crippen molar-refractivity contribution in [3.05, 3.63) is 79.1 Å². The van der Waals surface area contributed by atoms with Crippen LogP contribution < -0.4 is 10.6 Å². The number of anilines is 3. The Balaban J connectivity index is 1.84. The van der Waals surface area contributed by atoms with E-state index in [1.807, 2.05) is 36.4 Å². The molecule has 0 unspecified atom stereocenters. The summed E-state index contributed by atoms with van der Waals surface area (Å²) in [6.07, 6.45) is 1.28. The summed E-state index contributed by atoms with van der Waals surface area (Å²) in [5, 5.41) is 18.2. The van der Waals surface area contributed by atoms with E-state index < -0.39 is 4.92 Å². The minimum absolute atomic E-state index is 0.129. The van der Waals surface area contributed by atoms with Crippen molar-refractivity contribution in [2.24, 2.45) is 0 Å². The standard InChI is InChI=1S/C17H13ClIN5O2/c18-12-3-1-11(2-4-12)9-20-16-15(24(25)26)17(22-10-21-16)23-14-7-5-13(19)6-8-14/h1-8,10H,9H2,(H2,20,21,22,23). The Morgan fingerprint density at radius 1 is 1.04 bits per heavy atom. The third-order valence-corrected chi connectivity index (χ3v) is 4.46. The molecule has 132 valence electrons. The van der Waals surface area contributed by atoms with Crippen LogP contribution in [0.5, 0.6) is 0 Å². The summed E-state index contributed by atoms with van der Waals surface area (Å²) >= 11 is 8.05. The molecule has 0 saturated heterocycles. The summed E-state index contributed by atoms with van der Waals surface area (Å²) in [4.78, 5) is 19.1. The summed E-state index contributed by atoms with van der Waals surface area (Å²) < 4.78 is 1.07. The van der Waals surface area contributed by atoms with Gasteiger partial charge in [0, 0.05) is 20.8 Å². The van der Waals surface area contributed by atoms with Crippen molar-refractivity contribution in [2.75, 3.05) is 10.6 Å². The van der Waals surface area contributed by atoms with Gasteiger partial charge in [-0.1, -0.05) is 23.7 Å². The molecule has 9 heteroatoms. The molecular formula is C17H13ClIN5O2. The van der Waals surface area contributed by atoms with Crippen molar-refractivity contribution in [3.63, 3.8) is 0 Å². The van der Waals surface area contributed by atoms with Crippen molar-refractivity contribution < 1.29 is 4.92 Å². The lowest BCUT2D eigenvalue weighted by Gasteiger charge is -2.10. The number of rotatable bonds is 6. The highest BCUT2D eigenvalue weighted by atomic mass is 127. The lowest BCUT2D eigenvalue weighted by atomic mass is 10.2. The third kappa shape index (κ3) is 4.58. The van der Waals surface area contributed by atoms with Crippen LogP contribution in [0.4, 0.5) is 23.0 Å². The monoisotopic (exact) mass is 481 g/mol. The average molecular weight is 482 g/mol. The fourth-order valence-corrected chi connectivity index (χ4v) is 2.72. The molecule has 0 spiro atoms. The first-order chi connectivity index (χ1) is 12.5. The molecule has 7 nitrogen and oxygen atoms in total. The summed E-state index contributed by atoms with van der Waals surface area (Å²) in [6.45, 7) is 0.373. The van der Waals surface area contributed by atoms with E-state index in [1.165, 1.54) is 6.33 Å². The maximum Gasteiger partial charge on any atom is 0.353 e. The summed E-state index contributed by atoms with van der Waals surface area (Å²) in [5.41, 5.74) is 1.42. The molecule has 3 rings (SSSR count). The molecule has 0 aliphatic heterocycles. The predicted octanol–water partition coefficient (Wildman–Crippen LogP) is 5.00. The van der Waals surface area contributed by atoms with Crippen LogP contribution >= 0.6 is 34.2 Å². The second kappa shape index (κ2) is 8.28. The van der Waals surface area contributed by atoms with Crippen molar-refractivity contribution in [3.8, 4) is 0 Å². The molecule has 0 aliphatic carbocycles. The largest absolute Gasteiger partial charge is 0.360 e. The molecule has 0 bridgehead atoms. The molecule has 2 N–H and O–H groups in total. The highest BCUT2D eigenvalue weighted by molar-refractivity contribution is 14.1. The maximum atomic E-state index is 11.6. The van der Waals surface area contributed by atoms with Gasteiger partial charge in [0.25, 0.3) is 0 Å². The molecule has 0 fully saturated rings. The van der Waals surface area contributed by atoms with E-state index in [4.69, 9.17) is 11.6 Å². The minimum Gasteiger partial charge on any atom is -0.360 e.